The Kier molecular flexibility index (Phi) is 4.97. The average Bonchev–Trinajstić information content (AvgIpc) is 2.67. The molecule has 1 rings (SSSR count). The van der Waals surface area contributed by atoms with Crippen molar-refractivity contribution in [3.05, 3.63) is 5.82 Å². The number of nitrogens with zero attached hydrogens (tertiary/aromatic N) is 3. The molecular formula is C10H17N3O4S2. The molecule has 7 nitrogen and oxygen atoms in total. The van der Waals surface area contributed by atoms with Crippen LogP contribution < -0.4 is 0 Å². The lowest BCUT2D eigenvalue weighted by Gasteiger charge is -2.16. The molecule has 9 heteroatoms. The van der Waals surface area contributed by atoms with Gasteiger partial charge in [0.25, 0.3) is 0 Å². The van der Waals surface area contributed by atoms with Crippen LogP contribution in [0.25, 0.3) is 0 Å². The van der Waals surface area contributed by atoms with Crippen LogP contribution in [-0.4, -0.2) is 46.3 Å². The van der Waals surface area contributed by atoms with E-state index in [1.807, 2.05) is 13.8 Å². The Balaban J connectivity index is 3.17. The highest BCUT2D eigenvalue weighted by Gasteiger charge is 2.26. The van der Waals surface area contributed by atoms with Crippen molar-refractivity contribution in [3.63, 3.8) is 0 Å². The van der Waals surface area contributed by atoms with Crippen LogP contribution in [0, 0.1) is 0 Å². The number of sulfone groups is 1. The van der Waals surface area contributed by atoms with Gasteiger partial charge >= 0.3 is 5.97 Å². The third-order valence-electron chi connectivity index (χ3n) is 2.54. The first kappa shape index (κ1) is 16.0. The van der Waals surface area contributed by atoms with Gasteiger partial charge in [0.05, 0.1) is 5.75 Å². The summed E-state index contributed by atoms with van der Waals surface area (Å²) in [5.41, 5.74) is 0. The van der Waals surface area contributed by atoms with Crippen LogP contribution in [0.1, 0.15) is 37.9 Å². The molecular weight excluding hydrogens is 290 g/mol. The zero-order chi connectivity index (χ0) is 14.8. The maximum absolute atomic E-state index is 11.6. The van der Waals surface area contributed by atoms with Gasteiger partial charge < -0.3 is 9.67 Å². The molecule has 1 aromatic heterocycles. The summed E-state index contributed by atoms with van der Waals surface area (Å²) in [6.45, 7) is 5.28. The van der Waals surface area contributed by atoms with Crippen molar-refractivity contribution in [1.82, 2.24) is 14.8 Å². The Labute approximate surface area is 116 Å². The monoisotopic (exact) mass is 307 g/mol. The van der Waals surface area contributed by atoms with Gasteiger partial charge in [-0.05, 0) is 20.8 Å². The molecule has 1 unspecified atom stereocenters. The molecule has 0 aliphatic heterocycles. The van der Waals surface area contributed by atoms with Gasteiger partial charge in [-0.3, -0.25) is 4.79 Å². The molecule has 108 valence electrons. The Morgan fingerprint density at radius 3 is 2.37 bits per heavy atom. The summed E-state index contributed by atoms with van der Waals surface area (Å²) in [5, 5.41) is 16.1. The van der Waals surface area contributed by atoms with Crippen LogP contribution in [0.5, 0.6) is 0 Å². The number of rotatable bonds is 6. The second-order valence-corrected chi connectivity index (χ2v) is 7.77. The molecule has 0 fully saturated rings. The Morgan fingerprint density at radius 1 is 1.37 bits per heavy atom. The van der Waals surface area contributed by atoms with E-state index in [0.29, 0.717) is 11.0 Å². The lowest BCUT2D eigenvalue weighted by Crippen LogP contribution is -2.16. The third-order valence-corrected chi connectivity index (χ3v) is 4.96. The van der Waals surface area contributed by atoms with E-state index in [9.17, 15) is 13.2 Å². The van der Waals surface area contributed by atoms with Crippen LogP contribution in [0.4, 0.5) is 0 Å². The molecule has 1 atom stereocenters. The molecule has 0 saturated carbocycles. The van der Waals surface area contributed by atoms with E-state index in [2.05, 4.69) is 10.2 Å². The van der Waals surface area contributed by atoms with Gasteiger partial charge in [-0.2, -0.15) is 0 Å². The molecule has 0 aliphatic rings. The van der Waals surface area contributed by atoms with E-state index < -0.39 is 21.1 Å². The highest BCUT2D eigenvalue weighted by atomic mass is 32.2. The van der Waals surface area contributed by atoms with Crippen LogP contribution in [0.3, 0.4) is 0 Å². The zero-order valence-electron chi connectivity index (χ0n) is 11.2. The van der Waals surface area contributed by atoms with Crippen molar-refractivity contribution in [3.8, 4) is 0 Å². The van der Waals surface area contributed by atoms with Crippen molar-refractivity contribution in [2.45, 2.75) is 37.2 Å². The number of carbonyl (C=O) groups is 1. The number of carboxylic acid groups (broad SMARTS) is 1. The molecule has 0 amide bonds. The summed E-state index contributed by atoms with van der Waals surface area (Å²) in [6.07, 6.45) is 1.14. The summed E-state index contributed by atoms with van der Waals surface area (Å²) in [6, 6.07) is -0.0505. The summed E-state index contributed by atoms with van der Waals surface area (Å²) >= 11 is 1.03. The molecule has 0 aromatic carbocycles. The molecule has 0 spiro atoms. The average molecular weight is 307 g/mol. The lowest BCUT2D eigenvalue weighted by molar-refractivity contribution is -0.133. The minimum absolute atomic E-state index is 0.0505. The van der Waals surface area contributed by atoms with Crippen LogP contribution in [0.15, 0.2) is 5.16 Å². The number of aliphatic carboxylic acids is 1. The first-order valence-electron chi connectivity index (χ1n) is 5.62. The Bertz CT molecular complexity index is 565. The fraction of sp³-hybridized carbons (Fsp3) is 0.700. The van der Waals surface area contributed by atoms with Crippen molar-refractivity contribution in [2.24, 2.45) is 0 Å². The fourth-order valence-electron chi connectivity index (χ4n) is 1.47. The minimum atomic E-state index is -3.28. The number of carboxylic acids is 1. The number of thioether (sulfide) groups is 1. The van der Waals surface area contributed by atoms with Gasteiger partial charge in [0, 0.05) is 12.3 Å². The van der Waals surface area contributed by atoms with E-state index in [1.54, 1.807) is 11.5 Å². The topological polar surface area (TPSA) is 102 Å². The van der Waals surface area contributed by atoms with E-state index in [-0.39, 0.29) is 11.8 Å². The van der Waals surface area contributed by atoms with Gasteiger partial charge in [-0.15, -0.1) is 10.2 Å². The fourth-order valence-corrected chi connectivity index (χ4v) is 2.81. The van der Waals surface area contributed by atoms with Crippen LogP contribution in [-0.2, 0) is 14.6 Å². The van der Waals surface area contributed by atoms with E-state index in [0.717, 1.165) is 18.0 Å². The van der Waals surface area contributed by atoms with E-state index in [4.69, 9.17) is 5.11 Å². The largest absolute Gasteiger partial charge is 0.481 e. The van der Waals surface area contributed by atoms with Gasteiger partial charge in [0.1, 0.15) is 5.25 Å². The first-order valence-corrected chi connectivity index (χ1v) is 8.56. The van der Waals surface area contributed by atoms with E-state index in [1.165, 1.54) is 0 Å². The number of aromatic nitrogens is 3. The van der Waals surface area contributed by atoms with Crippen molar-refractivity contribution in [2.75, 3.05) is 12.0 Å². The van der Waals surface area contributed by atoms with Crippen molar-refractivity contribution < 1.29 is 18.3 Å². The summed E-state index contributed by atoms with van der Waals surface area (Å²) in [4.78, 5) is 10.6. The molecule has 0 saturated heterocycles. The van der Waals surface area contributed by atoms with Crippen LogP contribution >= 0.6 is 11.8 Å². The lowest BCUT2D eigenvalue weighted by atomic mass is 10.3. The first-order chi connectivity index (χ1) is 8.64. The molecule has 1 aromatic rings. The SMILES string of the molecule is CC(C)n1c(SCC(=O)O)nnc1C(C)S(C)(=O)=O. The molecule has 1 heterocycles. The summed E-state index contributed by atoms with van der Waals surface area (Å²) in [7, 11) is -3.28. The second-order valence-electron chi connectivity index (χ2n) is 4.46. The second kappa shape index (κ2) is 5.91. The number of hydrogen-bond donors (Lipinski definition) is 1. The highest BCUT2D eigenvalue weighted by molar-refractivity contribution is 7.99. The Morgan fingerprint density at radius 2 is 1.95 bits per heavy atom. The molecule has 19 heavy (non-hydrogen) atoms. The molecule has 1 N–H and O–H groups in total. The van der Waals surface area contributed by atoms with Crippen molar-refractivity contribution >= 4 is 27.6 Å². The quantitative estimate of drug-likeness (QED) is 0.786. The maximum Gasteiger partial charge on any atom is 0.313 e. The van der Waals surface area contributed by atoms with E-state index >= 15 is 0 Å². The highest BCUT2D eigenvalue weighted by Crippen LogP contribution is 2.27. The van der Waals surface area contributed by atoms with Crippen molar-refractivity contribution in [1.29, 1.82) is 0 Å². The predicted octanol–water partition coefficient (Wildman–Crippen LogP) is 1.14. The zero-order valence-corrected chi connectivity index (χ0v) is 12.8. The minimum Gasteiger partial charge on any atom is -0.481 e. The summed E-state index contributed by atoms with van der Waals surface area (Å²) in [5.74, 6) is -0.760. The third kappa shape index (κ3) is 3.93. The molecule has 0 radical (unpaired) electrons. The smallest absolute Gasteiger partial charge is 0.313 e. The van der Waals surface area contributed by atoms with Gasteiger partial charge in [0.15, 0.2) is 20.8 Å². The van der Waals surface area contributed by atoms with Gasteiger partial charge in [-0.1, -0.05) is 11.8 Å². The summed E-state index contributed by atoms with van der Waals surface area (Å²) < 4.78 is 24.9. The standard InChI is InChI=1S/C10H17N3O4S2/c1-6(2)13-9(7(3)19(4,16)17)11-12-10(13)18-5-8(14)15/h6-7H,5H2,1-4H3,(H,14,15). The molecule has 0 aliphatic carbocycles. The number of hydrogen-bond acceptors (Lipinski definition) is 6. The predicted molar refractivity (Wildman–Crippen MR) is 72.0 cm³/mol. The Hall–Kier alpha value is -1.09. The van der Waals surface area contributed by atoms with Crippen LogP contribution in [0.2, 0.25) is 0 Å². The molecule has 0 bridgehead atoms. The van der Waals surface area contributed by atoms with Gasteiger partial charge in [-0.25, -0.2) is 8.42 Å². The van der Waals surface area contributed by atoms with Gasteiger partial charge in [0.2, 0.25) is 0 Å². The normalized spacial score (nSPS) is 13.7. The maximum atomic E-state index is 11.6.